The molecule has 0 spiro atoms. The van der Waals surface area contributed by atoms with Crippen molar-refractivity contribution in [3.05, 3.63) is 77.6 Å². The van der Waals surface area contributed by atoms with Crippen molar-refractivity contribution in [1.82, 2.24) is 14.5 Å². The number of piperidine rings is 1. The van der Waals surface area contributed by atoms with Crippen molar-refractivity contribution >= 4 is 5.71 Å². The zero-order valence-corrected chi connectivity index (χ0v) is 19.5. The van der Waals surface area contributed by atoms with Gasteiger partial charge in [-0.3, -0.25) is 4.90 Å². The summed E-state index contributed by atoms with van der Waals surface area (Å²) in [5.74, 6) is 0.661. The fourth-order valence-corrected chi connectivity index (χ4v) is 5.22. The van der Waals surface area contributed by atoms with E-state index in [1.807, 2.05) is 42.0 Å². The standard InChI is InChI=1S/C26H29FN4O2/c1-17-15-30(16-28-17)23-12-9-20(14-24(23)32-4)25-22-6-5-13-31(26(22,3)33-29-25)18(2)19-7-10-21(27)11-8-19/h7-12,14-16,18,22H,5-6,13H2,1-4H3. The van der Waals surface area contributed by atoms with Gasteiger partial charge in [0.05, 0.1) is 36.4 Å². The topological polar surface area (TPSA) is 51.9 Å². The maximum absolute atomic E-state index is 13.4. The number of ether oxygens (including phenoxy) is 1. The van der Waals surface area contributed by atoms with Crippen molar-refractivity contribution in [3.63, 3.8) is 0 Å². The highest BCUT2D eigenvalue weighted by Crippen LogP contribution is 2.45. The number of benzene rings is 2. The van der Waals surface area contributed by atoms with Crippen LogP contribution in [-0.2, 0) is 4.84 Å². The number of aryl methyl sites for hydroxylation is 1. The molecule has 1 fully saturated rings. The van der Waals surface area contributed by atoms with Crippen molar-refractivity contribution in [3.8, 4) is 11.4 Å². The van der Waals surface area contributed by atoms with Gasteiger partial charge in [-0.1, -0.05) is 23.4 Å². The highest BCUT2D eigenvalue weighted by Gasteiger charge is 2.53. The molecule has 3 heterocycles. The number of imidazole rings is 1. The Morgan fingerprint density at radius 2 is 2.00 bits per heavy atom. The first-order valence-corrected chi connectivity index (χ1v) is 11.4. The summed E-state index contributed by atoms with van der Waals surface area (Å²) >= 11 is 0. The first kappa shape index (κ1) is 21.6. The molecule has 2 aliphatic rings. The quantitative estimate of drug-likeness (QED) is 0.535. The fourth-order valence-electron chi connectivity index (χ4n) is 5.22. The van der Waals surface area contributed by atoms with Crippen LogP contribution in [0.5, 0.6) is 5.75 Å². The van der Waals surface area contributed by atoms with Crippen LogP contribution in [-0.4, -0.2) is 39.5 Å². The first-order chi connectivity index (χ1) is 15.9. The van der Waals surface area contributed by atoms with Crippen LogP contribution in [0.4, 0.5) is 4.39 Å². The molecular weight excluding hydrogens is 419 g/mol. The number of likely N-dealkylation sites (tertiary alicyclic amines) is 1. The van der Waals surface area contributed by atoms with E-state index in [1.54, 1.807) is 13.4 Å². The molecule has 0 bridgehead atoms. The molecule has 6 nitrogen and oxygen atoms in total. The third-order valence-corrected chi connectivity index (χ3v) is 7.05. The minimum atomic E-state index is -0.561. The Morgan fingerprint density at radius 1 is 1.21 bits per heavy atom. The first-order valence-electron chi connectivity index (χ1n) is 11.4. The molecule has 5 rings (SSSR count). The molecule has 3 atom stereocenters. The summed E-state index contributed by atoms with van der Waals surface area (Å²) in [6.45, 7) is 7.13. The average Bonchev–Trinajstić information content (AvgIpc) is 3.41. The van der Waals surface area contributed by atoms with Gasteiger partial charge < -0.3 is 14.1 Å². The van der Waals surface area contributed by atoms with Crippen LogP contribution in [0.1, 0.15) is 49.6 Å². The van der Waals surface area contributed by atoms with Crippen molar-refractivity contribution in [1.29, 1.82) is 0 Å². The third kappa shape index (κ3) is 3.70. The normalized spacial score (nSPS) is 23.5. The van der Waals surface area contributed by atoms with Crippen molar-refractivity contribution < 1.29 is 14.0 Å². The zero-order valence-electron chi connectivity index (χ0n) is 19.5. The lowest BCUT2D eigenvalue weighted by atomic mass is 9.80. The van der Waals surface area contributed by atoms with Crippen LogP contribution in [0.3, 0.4) is 0 Å². The van der Waals surface area contributed by atoms with Crippen LogP contribution in [0.25, 0.3) is 5.69 Å². The predicted molar refractivity (Wildman–Crippen MR) is 125 cm³/mol. The zero-order chi connectivity index (χ0) is 23.2. The summed E-state index contributed by atoms with van der Waals surface area (Å²) in [4.78, 5) is 12.8. The van der Waals surface area contributed by atoms with Crippen LogP contribution >= 0.6 is 0 Å². The lowest BCUT2D eigenvalue weighted by molar-refractivity contribution is -0.178. The minimum Gasteiger partial charge on any atom is -0.495 e. The molecule has 0 aliphatic carbocycles. The number of fused-ring (bicyclic) bond motifs is 1. The van der Waals surface area contributed by atoms with E-state index in [9.17, 15) is 4.39 Å². The van der Waals surface area contributed by atoms with Crippen LogP contribution in [0.2, 0.25) is 0 Å². The molecule has 1 saturated heterocycles. The molecule has 7 heteroatoms. The van der Waals surface area contributed by atoms with E-state index >= 15 is 0 Å². The molecule has 1 aromatic heterocycles. The average molecular weight is 449 g/mol. The van der Waals surface area contributed by atoms with Gasteiger partial charge >= 0.3 is 0 Å². The number of rotatable bonds is 5. The molecule has 0 amide bonds. The third-order valence-electron chi connectivity index (χ3n) is 7.05. The van der Waals surface area contributed by atoms with E-state index in [2.05, 4.69) is 35.0 Å². The number of methoxy groups -OCH3 is 1. The van der Waals surface area contributed by atoms with Gasteiger partial charge in [-0.25, -0.2) is 9.37 Å². The highest BCUT2D eigenvalue weighted by molar-refractivity contribution is 6.04. The van der Waals surface area contributed by atoms with Gasteiger partial charge in [-0.2, -0.15) is 0 Å². The molecule has 0 saturated carbocycles. The van der Waals surface area contributed by atoms with Gasteiger partial charge in [0.1, 0.15) is 11.6 Å². The summed E-state index contributed by atoms with van der Waals surface area (Å²) in [6, 6.07) is 13.0. The molecule has 3 aromatic rings. The number of hydrogen-bond donors (Lipinski definition) is 0. The van der Waals surface area contributed by atoms with E-state index in [-0.39, 0.29) is 17.8 Å². The predicted octanol–water partition coefficient (Wildman–Crippen LogP) is 5.25. The molecule has 2 aliphatic heterocycles. The summed E-state index contributed by atoms with van der Waals surface area (Å²) in [5, 5.41) is 4.58. The van der Waals surface area contributed by atoms with Crippen molar-refractivity contribution in [2.75, 3.05) is 13.7 Å². The van der Waals surface area contributed by atoms with Gasteiger partial charge in [0.25, 0.3) is 0 Å². The van der Waals surface area contributed by atoms with Crippen LogP contribution in [0, 0.1) is 18.7 Å². The molecule has 3 unspecified atom stereocenters. The van der Waals surface area contributed by atoms with E-state index in [0.29, 0.717) is 0 Å². The Balaban J connectivity index is 1.44. The molecule has 33 heavy (non-hydrogen) atoms. The lowest BCUT2D eigenvalue weighted by Crippen LogP contribution is -2.56. The summed E-state index contributed by atoms with van der Waals surface area (Å²) < 4.78 is 21.1. The monoisotopic (exact) mass is 448 g/mol. The second-order valence-corrected chi connectivity index (χ2v) is 9.05. The smallest absolute Gasteiger partial charge is 0.197 e. The largest absolute Gasteiger partial charge is 0.495 e. The number of oxime groups is 1. The van der Waals surface area contributed by atoms with E-state index in [4.69, 9.17) is 9.57 Å². The number of nitrogens with zero attached hydrogens (tertiary/aromatic N) is 4. The van der Waals surface area contributed by atoms with Gasteiger partial charge in [0, 0.05) is 24.3 Å². The minimum absolute atomic E-state index is 0.0781. The van der Waals surface area contributed by atoms with Crippen molar-refractivity contribution in [2.45, 2.75) is 45.4 Å². The van der Waals surface area contributed by atoms with E-state index < -0.39 is 5.72 Å². The molecule has 0 radical (unpaired) electrons. The summed E-state index contributed by atoms with van der Waals surface area (Å²) in [6.07, 6.45) is 5.79. The Kier molecular flexibility index (Phi) is 5.44. The van der Waals surface area contributed by atoms with Gasteiger partial charge in [0.2, 0.25) is 0 Å². The Labute approximate surface area is 193 Å². The SMILES string of the molecule is COc1cc(C2=NOC3(C)C2CCCN3C(C)c2ccc(F)cc2)ccc1-n1cnc(C)c1. The maximum Gasteiger partial charge on any atom is 0.197 e. The van der Waals surface area contributed by atoms with E-state index in [1.165, 1.54) is 12.1 Å². The highest BCUT2D eigenvalue weighted by atomic mass is 19.1. The maximum atomic E-state index is 13.4. The number of aromatic nitrogens is 2. The molecular formula is C26H29FN4O2. The van der Waals surface area contributed by atoms with Gasteiger partial charge in [-0.05, 0) is 63.4 Å². The van der Waals surface area contributed by atoms with Crippen LogP contribution < -0.4 is 4.74 Å². The van der Waals surface area contributed by atoms with Gasteiger partial charge in [0.15, 0.2) is 5.72 Å². The second kappa shape index (κ2) is 8.30. The molecule has 2 aromatic carbocycles. The van der Waals surface area contributed by atoms with Crippen molar-refractivity contribution in [2.24, 2.45) is 11.1 Å². The molecule has 0 N–H and O–H groups in total. The molecule has 172 valence electrons. The summed E-state index contributed by atoms with van der Waals surface area (Å²) in [5.41, 5.74) is 4.33. The lowest BCUT2D eigenvalue weighted by Gasteiger charge is -2.47. The Bertz CT molecular complexity index is 1190. The Hall–Kier alpha value is -3.19. The fraction of sp³-hybridized carbons (Fsp3) is 0.385. The number of hydrogen-bond acceptors (Lipinski definition) is 5. The van der Waals surface area contributed by atoms with E-state index in [0.717, 1.165) is 53.4 Å². The Morgan fingerprint density at radius 3 is 2.70 bits per heavy atom. The van der Waals surface area contributed by atoms with Crippen LogP contribution in [0.15, 0.2) is 60.1 Å². The number of halogens is 1. The van der Waals surface area contributed by atoms with Gasteiger partial charge in [-0.15, -0.1) is 0 Å². The second-order valence-electron chi connectivity index (χ2n) is 9.05. The summed E-state index contributed by atoms with van der Waals surface area (Å²) in [7, 11) is 1.68.